The van der Waals surface area contributed by atoms with Crippen molar-refractivity contribution in [2.75, 3.05) is 39.6 Å². The summed E-state index contributed by atoms with van der Waals surface area (Å²) in [6.07, 6.45) is 74.5. The number of ether oxygens (including phenoxy) is 4. The molecule has 0 aromatic rings. The molecule has 5 atom stereocenters. The van der Waals surface area contributed by atoms with Gasteiger partial charge in [-0.25, -0.2) is 9.13 Å². The number of phosphoric ester groups is 2. The molecule has 3 N–H and O–H groups in total. The van der Waals surface area contributed by atoms with Crippen molar-refractivity contribution in [2.45, 2.75) is 380 Å². The smallest absolute Gasteiger partial charge is 0.462 e. The molecular weight excluding hydrogens is 1310 g/mol. The fraction of sp³-hybridized carbons (Fsp3) is 0.802. The van der Waals surface area contributed by atoms with Gasteiger partial charge in [-0.2, -0.15) is 0 Å². The second-order valence-corrected chi connectivity index (χ2v) is 29.9. The normalized spacial score (nSPS) is 14.3. The van der Waals surface area contributed by atoms with E-state index in [9.17, 15) is 43.2 Å². The van der Waals surface area contributed by atoms with Crippen LogP contribution in [0.4, 0.5) is 0 Å². The Hall–Kier alpha value is -3.50. The monoisotopic (exact) mass is 1450 g/mol. The maximum Gasteiger partial charge on any atom is 0.472 e. The van der Waals surface area contributed by atoms with E-state index in [2.05, 4.69) is 101 Å². The van der Waals surface area contributed by atoms with E-state index in [0.717, 1.165) is 173 Å². The van der Waals surface area contributed by atoms with Crippen molar-refractivity contribution in [2.24, 2.45) is 0 Å². The van der Waals surface area contributed by atoms with Gasteiger partial charge in [-0.15, -0.1) is 0 Å². The second kappa shape index (κ2) is 73.8. The SMILES string of the molecule is CCC/C=C\C/C=C\CCCCCCCC(=O)OCC(COP(=O)(O)OCC(O)COP(=O)(O)OCC(COC(=O)CCCCCCCC/C=C\C/C=C\C/C=C\CCCCC)OC(=O)CCCCCCCCCCCCCCCCC)OC(=O)CCCCCCC/C=C\CCCCCC. The van der Waals surface area contributed by atoms with Crippen molar-refractivity contribution in [3.63, 3.8) is 0 Å². The van der Waals surface area contributed by atoms with E-state index >= 15 is 0 Å². The highest BCUT2D eigenvalue weighted by molar-refractivity contribution is 7.47. The lowest BCUT2D eigenvalue weighted by molar-refractivity contribution is -0.161. The Kier molecular flexibility index (Phi) is 71.2. The van der Waals surface area contributed by atoms with Crippen LogP contribution in [-0.2, 0) is 65.4 Å². The molecule has 19 heteroatoms. The van der Waals surface area contributed by atoms with Crippen LogP contribution in [0.1, 0.15) is 362 Å². The number of allylic oxidation sites excluding steroid dienone is 12. The predicted octanol–water partition coefficient (Wildman–Crippen LogP) is 23.2. The molecule has 0 bridgehead atoms. The number of carbonyl (C=O) groups excluding carboxylic acids is 4. The van der Waals surface area contributed by atoms with Crippen molar-refractivity contribution in [3.05, 3.63) is 72.9 Å². The average Bonchev–Trinajstić information content (AvgIpc) is 0.946. The third-order valence-corrected chi connectivity index (χ3v) is 19.0. The van der Waals surface area contributed by atoms with Gasteiger partial charge >= 0.3 is 39.5 Å². The molecule has 100 heavy (non-hydrogen) atoms. The number of hydrogen-bond acceptors (Lipinski definition) is 15. The van der Waals surface area contributed by atoms with Crippen LogP contribution < -0.4 is 0 Å². The quantitative estimate of drug-likeness (QED) is 0.0169. The molecule has 0 spiro atoms. The zero-order chi connectivity index (χ0) is 73.2. The molecule has 0 aromatic carbocycles. The van der Waals surface area contributed by atoms with Crippen molar-refractivity contribution < 1.29 is 80.2 Å². The Morgan fingerprint density at radius 2 is 0.510 bits per heavy atom. The lowest BCUT2D eigenvalue weighted by Gasteiger charge is -2.21. The highest BCUT2D eigenvalue weighted by Gasteiger charge is 2.30. The predicted molar refractivity (Wildman–Crippen MR) is 409 cm³/mol. The number of phosphoric acid groups is 2. The summed E-state index contributed by atoms with van der Waals surface area (Å²) in [5, 5.41) is 10.6. The standard InChI is InChI=1S/C81H146O17P2/c1-5-9-13-17-21-25-29-33-35-36-37-38-40-43-46-50-54-58-62-66-79(84)92-72-77(98-81(86)68-64-60-56-52-48-44-39-34-30-26-22-18-14-10-6-2)74-96-100(89,90)94-70-75(82)69-93-99(87,88)95-73-76(97-80(85)67-63-59-55-51-47-42-32-28-24-20-16-12-8-4)71-91-78(83)65-61-57-53-49-45-41-31-27-23-19-15-11-7-3/h15,19,21,25,27-28,31-33,35,37-38,75-77,82H,5-14,16-18,20,22-24,26,29-30,34,36,39-74H2,1-4H3,(H,87,88)(H,89,90)/b19-15-,25-21-,31-27-,32-28-,35-33-,38-37-. The van der Waals surface area contributed by atoms with Gasteiger partial charge in [0.15, 0.2) is 12.2 Å². The highest BCUT2D eigenvalue weighted by Crippen LogP contribution is 2.45. The Bertz CT molecular complexity index is 2180. The number of hydrogen-bond donors (Lipinski definition) is 3. The number of esters is 4. The Labute approximate surface area is 609 Å². The fourth-order valence-corrected chi connectivity index (χ4v) is 12.5. The van der Waals surface area contributed by atoms with Crippen LogP contribution in [0.2, 0.25) is 0 Å². The van der Waals surface area contributed by atoms with Gasteiger partial charge in [0.2, 0.25) is 0 Å². The molecule has 0 saturated carbocycles. The van der Waals surface area contributed by atoms with Gasteiger partial charge in [0, 0.05) is 25.7 Å². The maximum absolute atomic E-state index is 13.1. The third kappa shape index (κ3) is 72.8. The van der Waals surface area contributed by atoms with Crippen LogP contribution in [0.5, 0.6) is 0 Å². The van der Waals surface area contributed by atoms with E-state index < -0.39 is 97.5 Å². The number of rotatable bonds is 76. The summed E-state index contributed by atoms with van der Waals surface area (Å²) in [4.78, 5) is 73.0. The largest absolute Gasteiger partial charge is 0.472 e. The molecule has 0 amide bonds. The Morgan fingerprint density at radius 1 is 0.280 bits per heavy atom. The number of aliphatic hydroxyl groups is 1. The first-order valence-corrected chi connectivity index (χ1v) is 43.2. The molecule has 0 aromatic heterocycles. The molecule has 17 nitrogen and oxygen atoms in total. The van der Waals surface area contributed by atoms with E-state index in [-0.39, 0.29) is 25.7 Å². The summed E-state index contributed by atoms with van der Waals surface area (Å²) in [7, 11) is -9.95. The summed E-state index contributed by atoms with van der Waals surface area (Å²) in [5.41, 5.74) is 0. The molecule has 5 unspecified atom stereocenters. The summed E-state index contributed by atoms with van der Waals surface area (Å²) < 4.78 is 68.6. The minimum Gasteiger partial charge on any atom is -0.462 e. The summed E-state index contributed by atoms with van der Waals surface area (Å²) >= 11 is 0. The molecule has 0 radical (unpaired) electrons. The van der Waals surface area contributed by atoms with Crippen LogP contribution in [0.3, 0.4) is 0 Å². The van der Waals surface area contributed by atoms with E-state index in [0.29, 0.717) is 25.7 Å². The van der Waals surface area contributed by atoms with Crippen molar-refractivity contribution in [1.82, 2.24) is 0 Å². The molecular formula is C81H146O17P2. The van der Waals surface area contributed by atoms with Crippen LogP contribution in [0.25, 0.3) is 0 Å². The van der Waals surface area contributed by atoms with E-state index in [1.165, 1.54) is 109 Å². The third-order valence-electron chi connectivity index (χ3n) is 17.1. The van der Waals surface area contributed by atoms with Gasteiger partial charge in [0.05, 0.1) is 26.4 Å². The summed E-state index contributed by atoms with van der Waals surface area (Å²) in [5.74, 6) is -2.18. The molecule has 0 aliphatic carbocycles. The van der Waals surface area contributed by atoms with Crippen LogP contribution in [-0.4, -0.2) is 96.7 Å². The van der Waals surface area contributed by atoms with Crippen LogP contribution in [0, 0.1) is 0 Å². The molecule has 0 saturated heterocycles. The van der Waals surface area contributed by atoms with Gasteiger partial charge in [-0.1, -0.05) is 293 Å². The van der Waals surface area contributed by atoms with Crippen LogP contribution >= 0.6 is 15.6 Å². The fourth-order valence-electron chi connectivity index (χ4n) is 11.0. The first-order valence-electron chi connectivity index (χ1n) is 40.2. The van der Waals surface area contributed by atoms with E-state index in [1.807, 2.05) is 0 Å². The summed E-state index contributed by atoms with van der Waals surface area (Å²) in [6, 6.07) is 0. The zero-order valence-corrected chi connectivity index (χ0v) is 65.4. The van der Waals surface area contributed by atoms with Gasteiger partial charge < -0.3 is 33.8 Å². The van der Waals surface area contributed by atoms with Crippen molar-refractivity contribution >= 4 is 39.5 Å². The van der Waals surface area contributed by atoms with Gasteiger partial charge in [-0.05, 0) is 116 Å². The second-order valence-electron chi connectivity index (χ2n) is 27.0. The molecule has 0 rings (SSSR count). The topological polar surface area (TPSA) is 237 Å². The molecule has 0 heterocycles. The van der Waals surface area contributed by atoms with Crippen molar-refractivity contribution in [1.29, 1.82) is 0 Å². The summed E-state index contributed by atoms with van der Waals surface area (Å²) in [6.45, 7) is 4.79. The van der Waals surface area contributed by atoms with E-state index in [1.54, 1.807) is 0 Å². The molecule has 0 fully saturated rings. The minimum absolute atomic E-state index is 0.0846. The highest BCUT2D eigenvalue weighted by atomic mass is 31.2. The number of unbranched alkanes of at least 4 members (excludes halogenated alkanes) is 38. The Morgan fingerprint density at radius 3 is 0.830 bits per heavy atom. The molecule has 0 aliphatic rings. The first-order chi connectivity index (χ1) is 48.7. The number of aliphatic hydroxyl groups excluding tert-OH is 1. The Balaban J connectivity index is 5.33. The zero-order valence-electron chi connectivity index (χ0n) is 63.6. The maximum atomic E-state index is 13.1. The molecule has 582 valence electrons. The first kappa shape index (κ1) is 96.5. The lowest BCUT2D eigenvalue weighted by Crippen LogP contribution is -2.30. The molecule has 0 aliphatic heterocycles. The van der Waals surface area contributed by atoms with Gasteiger partial charge in [-0.3, -0.25) is 37.3 Å². The van der Waals surface area contributed by atoms with E-state index in [4.69, 9.17) is 37.0 Å². The number of carbonyl (C=O) groups is 4. The average molecular weight is 1450 g/mol. The van der Waals surface area contributed by atoms with Crippen LogP contribution in [0.15, 0.2) is 72.9 Å². The van der Waals surface area contributed by atoms with Crippen molar-refractivity contribution in [3.8, 4) is 0 Å². The lowest BCUT2D eigenvalue weighted by atomic mass is 10.0. The van der Waals surface area contributed by atoms with Gasteiger partial charge in [0.25, 0.3) is 0 Å². The minimum atomic E-state index is -4.97. The van der Waals surface area contributed by atoms with Gasteiger partial charge in [0.1, 0.15) is 19.3 Å².